The molecule has 0 aromatic carbocycles. The van der Waals surface area contributed by atoms with Crippen molar-refractivity contribution in [2.75, 3.05) is 6.54 Å². The molecule has 0 amide bonds. The van der Waals surface area contributed by atoms with Crippen molar-refractivity contribution in [3.8, 4) is 0 Å². The first-order valence-electron chi connectivity index (χ1n) is 1.99. The van der Waals surface area contributed by atoms with Gasteiger partial charge in [-0.25, -0.2) is 0 Å². The van der Waals surface area contributed by atoms with Crippen LogP contribution in [0.25, 0.3) is 0 Å². The van der Waals surface area contributed by atoms with Crippen LogP contribution in [-0.2, 0) is 15.9 Å². The topological polar surface area (TPSA) is 43.1 Å². The molecule has 0 radical (unpaired) electrons. The summed E-state index contributed by atoms with van der Waals surface area (Å²) in [5.74, 6) is 0. The Bertz CT molecular complexity index is 81.8. The molecule has 40 valence electrons. The molecule has 0 spiro atoms. The van der Waals surface area contributed by atoms with Crippen LogP contribution in [0.3, 0.4) is 0 Å². The minimum Gasteiger partial charge on any atom is -0.330 e. The van der Waals surface area contributed by atoms with E-state index in [1.54, 1.807) is 0 Å². The Labute approximate surface area is 46.9 Å². The van der Waals surface area contributed by atoms with E-state index in [0.717, 1.165) is 0 Å². The molecule has 0 bridgehead atoms. The van der Waals surface area contributed by atoms with E-state index in [9.17, 15) is 4.21 Å². The van der Waals surface area contributed by atoms with Crippen molar-refractivity contribution >= 4 is 11.7 Å². The summed E-state index contributed by atoms with van der Waals surface area (Å²) in [6.45, 7) is 3.96. The molecule has 0 heterocycles. The van der Waals surface area contributed by atoms with Gasteiger partial charge in [-0.3, -0.25) is 0 Å². The molecule has 0 aliphatic heterocycles. The Morgan fingerprint density at radius 2 is 2.43 bits per heavy atom. The highest BCUT2D eigenvalue weighted by Gasteiger charge is 2.03. The zero-order valence-corrected chi connectivity index (χ0v) is 4.83. The van der Waals surface area contributed by atoms with Crippen LogP contribution in [0.4, 0.5) is 0 Å². The lowest BCUT2D eigenvalue weighted by molar-refractivity contribution is 0.606. The number of rotatable bonds is 3. The predicted molar refractivity (Wildman–Crippen MR) is 30.9 cm³/mol. The van der Waals surface area contributed by atoms with Crippen LogP contribution in [0.1, 0.15) is 6.42 Å². The van der Waals surface area contributed by atoms with Crippen molar-refractivity contribution in [2.45, 2.75) is 6.42 Å². The van der Waals surface area contributed by atoms with E-state index in [-0.39, 0.29) is 0 Å². The van der Waals surface area contributed by atoms with Gasteiger partial charge in [0.15, 0.2) is 0 Å². The van der Waals surface area contributed by atoms with Crippen LogP contribution < -0.4 is 5.73 Å². The van der Waals surface area contributed by atoms with Crippen molar-refractivity contribution < 1.29 is 4.21 Å². The van der Waals surface area contributed by atoms with Gasteiger partial charge in [-0.2, -0.15) is 0 Å². The van der Waals surface area contributed by atoms with Crippen LogP contribution in [-0.4, -0.2) is 6.54 Å². The average molecular weight is 118 g/mol. The first-order valence-corrected chi connectivity index (χ1v) is 2.73. The van der Waals surface area contributed by atoms with Gasteiger partial charge < -0.3 is 5.73 Å². The fourth-order valence-electron chi connectivity index (χ4n) is 0.203. The molecular formula is C4H8NOS+. The van der Waals surface area contributed by atoms with Gasteiger partial charge in [0.2, 0.25) is 0 Å². The van der Waals surface area contributed by atoms with Crippen LogP contribution in [0.15, 0.2) is 11.5 Å². The third-order valence-electron chi connectivity index (χ3n) is 0.541. The molecule has 2 N–H and O–H groups in total. The quantitative estimate of drug-likeness (QED) is 0.541. The predicted octanol–water partition coefficient (Wildman–Crippen LogP) is 0.277. The van der Waals surface area contributed by atoms with Gasteiger partial charge >= 0.3 is 11.7 Å². The summed E-state index contributed by atoms with van der Waals surface area (Å²) in [5.41, 5.74) is 5.09. The van der Waals surface area contributed by atoms with Crippen molar-refractivity contribution in [1.82, 2.24) is 0 Å². The smallest absolute Gasteiger partial charge is 0.330 e. The Kier molecular flexibility index (Phi) is 3.74. The second kappa shape index (κ2) is 3.89. The lowest BCUT2D eigenvalue weighted by atomic mass is 10.4. The molecule has 0 aliphatic rings. The minimum atomic E-state index is 0.425. The second-order valence-electron chi connectivity index (χ2n) is 1.16. The van der Waals surface area contributed by atoms with Gasteiger partial charge in [0, 0.05) is 17.2 Å². The van der Waals surface area contributed by atoms with Crippen LogP contribution in [0, 0.1) is 0 Å². The maximum absolute atomic E-state index is 9.78. The molecule has 0 atom stereocenters. The molecular weight excluding hydrogens is 110 g/mol. The molecule has 0 rings (SSSR count). The molecule has 0 unspecified atom stereocenters. The lowest BCUT2D eigenvalue weighted by Gasteiger charge is -1.75. The number of hydrogen-bond donors (Lipinski definition) is 1. The summed E-state index contributed by atoms with van der Waals surface area (Å²) in [7, 11) is 0. The molecule has 0 aromatic heterocycles. The van der Waals surface area contributed by atoms with Crippen molar-refractivity contribution in [1.29, 1.82) is 0 Å². The standard InChI is InChI=1S/C4H8NOS/c1-4(7-6)2-3-5/h1-3,5H2/q+1. The molecule has 0 saturated carbocycles. The van der Waals surface area contributed by atoms with E-state index in [1.165, 1.54) is 0 Å². The fourth-order valence-corrected chi connectivity index (χ4v) is 0.404. The molecule has 0 aliphatic carbocycles. The average Bonchev–Trinajstić information content (AvgIpc) is 1.68. The van der Waals surface area contributed by atoms with Crippen molar-refractivity contribution in [3.05, 3.63) is 11.5 Å². The second-order valence-corrected chi connectivity index (χ2v) is 1.90. The molecule has 0 aromatic rings. The number of nitrogens with two attached hydrogens (primary N) is 1. The summed E-state index contributed by atoms with van der Waals surface area (Å²) in [5, 5.41) is 0. The van der Waals surface area contributed by atoms with Gasteiger partial charge in [0.1, 0.15) is 0 Å². The summed E-state index contributed by atoms with van der Waals surface area (Å²) in [4.78, 5) is 0.613. The fraction of sp³-hybridized carbons (Fsp3) is 0.500. The first kappa shape index (κ1) is 6.72. The van der Waals surface area contributed by atoms with Crippen molar-refractivity contribution in [2.24, 2.45) is 5.73 Å². The molecule has 2 nitrogen and oxygen atoms in total. The maximum Gasteiger partial charge on any atom is 0.499 e. The van der Waals surface area contributed by atoms with Gasteiger partial charge in [-0.15, -0.1) is 0 Å². The Morgan fingerprint density at radius 1 is 1.86 bits per heavy atom. The van der Waals surface area contributed by atoms with E-state index in [1.807, 2.05) is 0 Å². The van der Waals surface area contributed by atoms with E-state index >= 15 is 0 Å². The van der Waals surface area contributed by atoms with E-state index in [4.69, 9.17) is 5.73 Å². The van der Waals surface area contributed by atoms with Gasteiger partial charge in [0.05, 0.1) is 0 Å². The molecule has 0 saturated heterocycles. The highest BCUT2D eigenvalue weighted by atomic mass is 32.1. The van der Waals surface area contributed by atoms with Gasteiger partial charge in [0.25, 0.3) is 4.91 Å². The van der Waals surface area contributed by atoms with Gasteiger partial charge in [-0.1, -0.05) is 0 Å². The first-order chi connectivity index (χ1) is 3.31. The Balaban J connectivity index is 3.17. The molecule has 3 heteroatoms. The molecule has 7 heavy (non-hydrogen) atoms. The van der Waals surface area contributed by atoms with E-state index < -0.39 is 0 Å². The lowest BCUT2D eigenvalue weighted by Crippen LogP contribution is -1.98. The summed E-state index contributed by atoms with van der Waals surface area (Å²) >= 11 is 0.425. The Morgan fingerprint density at radius 3 is 2.57 bits per heavy atom. The van der Waals surface area contributed by atoms with Crippen LogP contribution in [0.2, 0.25) is 0 Å². The largest absolute Gasteiger partial charge is 0.499 e. The highest BCUT2D eigenvalue weighted by Crippen LogP contribution is 1.90. The third-order valence-corrected chi connectivity index (χ3v) is 0.981. The maximum atomic E-state index is 9.78. The normalized spacial score (nSPS) is 8.14. The minimum absolute atomic E-state index is 0.425. The van der Waals surface area contributed by atoms with Gasteiger partial charge in [-0.05, 0) is 6.58 Å². The zero-order valence-electron chi connectivity index (χ0n) is 4.02. The SMILES string of the molecule is C=C(CCN)[S+]=O. The summed E-state index contributed by atoms with van der Waals surface area (Å²) in [6.07, 6.45) is 0.633. The molecule has 0 fully saturated rings. The third kappa shape index (κ3) is 3.55. The van der Waals surface area contributed by atoms with E-state index in [0.29, 0.717) is 29.5 Å². The zero-order chi connectivity index (χ0) is 5.70. The van der Waals surface area contributed by atoms with Crippen LogP contribution in [0.5, 0.6) is 0 Å². The Hall–Kier alpha value is -0.280. The number of hydrogen-bond acceptors (Lipinski definition) is 2. The van der Waals surface area contributed by atoms with Crippen LogP contribution >= 0.6 is 0 Å². The van der Waals surface area contributed by atoms with Crippen molar-refractivity contribution in [3.63, 3.8) is 0 Å². The highest BCUT2D eigenvalue weighted by molar-refractivity contribution is 7.70. The monoisotopic (exact) mass is 118 g/mol. The summed E-state index contributed by atoms with van der Waals surface area (Å²) < 4.78 is 9.78. The van der Waals surface area contributed by atoms with E-state index in [2.05, 4.69) is 6.58 Å². The summed E-state index contributed by atoms with van der Waals surface area (Å²) in [6, 6.07) is 0.